The smallest absolute Gasteiger partial charge is 0.174 e. The van der Waals surface area contributed by atoms with E-state index in [9.17, 15) is 0 Å². The van der Waals surface area contributed by atoms with Crippen LogP contribution in [0.25, 0.3) is 11.3 Å². The van der Waals surface area contributed by atoms with E-state index in [0.717, 1.165) is 40.0 Å². The van der Waals surface area contributed by atoms with Crippen LogP contribution < -0.4 is 19.7 Å². The summed E-state index contributed by atoms with van der Waals surface area (Å²) in [5.41, 5.74) is 2.72. The van der Waals surface area contributed by atoms with Gasteiger partial charge in [-0.1, -0.05) is 17.7 Å². The zero-order chi connectivity index (χ0) is 26.8. The van der Waals surface area contributed by atoms with Crippen molar-refractivity contribution in [3.05, 3.63) is 126 Å². The zero-order valence-electron chi connectivity index (χ0n) is 21.0. The molecule has 6 rings (SSSR count). The van der Waals surface area contributed by atoms with Crippen LogP contribution in [0.15, 0.2) is 114 Å². The van der Waals surface area contributed by atoms with Crippen LogP contribution >= 0.6 is 23.8 Å². The van der Waals surface area contributed by atoms with Crippen LogP contribution in [0.3, 0.4) is 0 Å². The largest absolute Gasteiger partial charge is 0.497 e. The molecule has 2 aromatic heterocycles. The van der Waals surface area contributed by atoms with Gasteiger partial charge in [-0.3, -0.25) is 4.98 Å². The van der Waals surface area contributed by atoms with Gasteiger partial charge in [0.1, 0.15) is 34.8 Å². The molecule has 0 saturated carbocycles. The first kappa shape index (κ1) is 25.0. The van der Waals surface area contributed by atoms with Crippen LogP contribution in [-0.2, 0) is 0 Å². The summed E-state index contributed by atoms with van der Waals surface area (Å²) in [6.45, 7) is 0. The molecule has 3 heterocycles. The average Bonchev–Trinajstić information content (AvgIpc) is 3.59. The molecule has 1 fully saturated rings. The SMILES string of the molecule is COc1ccc(Oc2ccc(N3C(=S)N[C@H](c4ccccn4)[C@@H]3c3ccc(-c4ccc(Cl)cc4)o3)cc2)cc1. The van der Waals surface area contributed by atoms with E-state index in [1.165, 1.54) is 0 Å². The number of benzene rings is 3. The number of thiocarbonyl (C=S) groups is 1. The van der Waals surface area contributed by atoms with Gasteiger partial charge in [-0.05, 0) is 109 Å². The Labute approximate surface area is 236 Å². The van der Waals surface area contributed by atoms with Crippen molar-refractivity contribution in [1.82, 2.24) is 10.3 Å². The molecule has 194 valence electrons. The molecule has 0 unspecified atom stereocenters. The highest BCUT2D eigenvalue weighted by Crippen LogP contribution is 2.43. The fraction of sp³-hybridized carbons (Fsp3) is 0.0968. The van der Waals surface area contributed by atoms with Crippen molar-refractivity contribution in [2.24, 2.45) is 0 Å². The van der Waals surface area contributed by atoms with Crippen LogP contribution in [0.4, 0.5) is 5.69 Å². The lowest BCUT2D eigenvalue weighted by molar-refractivity contribution is 0.413. The van der Waals surface area contributed by atoms with E-state index >= 15 is 0 Å². The molecule has 0 bridgehead atoms. The van der Waals surface area contributed by atoms with Crippen molar-refractivity contribution in [2.75, 3.05) is 12.0 Å². The molecular weight excluding hydrogens is 530 g/mol. The number of aromatic nitrogens is 1. The Morgan fingerprint density at radius 2 is 1.54 bits per heavy atom. The Balaban J connectivity index is 1.32. The summed E-state index contributed by atoms with van der Waals surface area (Å²) in [7, 11) is 1.64. The molecule has 6 nitrogen and oxygen atoms in total. The first-order valence-electron chi connectivity index (χ1n) is 12.4. The summed E-state index contributed by atoms with van der Waals surface area (Å²) >= 11 is 11.9. The van der Waals surface area contributed by atoms with Crippen LogP contribution in [0.1, 0.15) is 23.5 Å². The molecule has 5 aromatic rings. The standard InChI is InChI=1S/C31H24ClN3O3S/c1-36-23-13-15-25(16-14-23)37-24-11-9-22(10-12-24)35-30(29(34-31(35)39)26-4-2-3-19-33-26)28-18-17-27(38-28)20-5-7-21(32)8-6-20/h2-19,29-30H,1H3,(H,34,39)/t29-,30+/m1/s1. The van der Waals surface area contributed by atoms with Gasteiger partial charge in [0.25, 0.3) is 0 Å². The Kier molecular flexibility index (Phi) is 6.92. The van der Waals surface area contributed by atoms with Crippen LogP contribution in [0, 0.1) is 0 Å². The Bertz CT molecular complexity index is 1570. The first-order chi connectivity index (χ1) is 19.1. The van der Waals surface area contributed by atoms with E-state index in [4.69, 9.17) is 37.7 Å². The predicted octanol–water partition coefficient (Wildman–Crippen LogP) is 7.97. The van der Waals surface area contributed by atoms with Crippen LogP contribution in [0.5, 0.6) is 17.2 Å². The van der Waals surface area contributed by atoms with Gasteiger partial charge in [0.15, 0.2) is 5.11 Å². The second-order valence-corrected chi connectivity index (χ2v) is 9.80. The summed E-state index contributed by atoms with van der Waals surface area (Å²) in [6.07, 6.45) is 1.78. The second-order valence-electron chi connectivity index (χ2n) is 8.98. The molecule has 0 spiro atoms. The highest BCUT2D eigenvalue weighted by molar-refractivity contribution is 7.80. The molecule has 1 N–H and O–H groups in total. The van der Waals surface area contributed by atoms with Crippen molar-refractivity contribution >= 4 is 34.6 Å². The van der Waals surface area contributed by atoms with E-state index in [1.54, 1.807) is 13.3 Å². The lowest BCUT2D eigenvalue weighted by atomic mass is 10.0. The topological polar surface area (TPSA) is 59.8 Å². The van der Waals surface area contributed by atoms with Crippen molar-refractivity contribution < 1.29 is 13.9 Å². The Morgan fingerprint density at radius 3 is 2.21 bits per heavy atom. The molecule has 0 radical (unpaired) electrons. The van der Waals surface area contributed by atoms with Gasteiger partial charge in [0.05, 0.1) is 18.8 Å². The predicted molar refractivity (Wildman–Crippen MR) is 157 cm³/mol. The normalized spacial score (nSPS) is 16.7. The fourth-order valence-electron chi connectivity index (χ4n) is 4.66. The first-order valence-corrected chi connectivity index (χ1v) is 13.2. The fourth-order valence-corrected chi connectivity index (χ4v) is 5.13. The minimum atomic E-state index is -0.262. The number of ether oxygens (including phenoxy) is 2. The maximum atomic E-state index is 6.42. The number of furan rings is 1. The molecule has 3 aromatic carbocycles. The van der Waals surface area contributed by atoms with Crippen LogP contribution in [-0.4, -0.2) is 17.2 Å². The number of anilines is 1. The van der Waals surface area contributed by atoms with E-state index in [-0.39, 0.29) is 12.1 Å². The molecule has 0 amide bonds. The molecule has 2 atom stereocenters. The number of methoxy groups -OCH3 is 1. The van der Waals surface area contributed by atoms with Gasteiger partial charge in [-0.25, -0.2) is 0 Å². The lowest BCUT2D eigenvalue weighted by Crippen LogP contribution is -2.29. The van der Waals surface area contributed by atoms with Crippen molar-refractivity contribution in [2.45, 2.75) is 12.1 Å². The zero-order valence-corrected chi connectivity index (χ0v) is 22.5. The number of pyridine rings is 1. The van der Waals surface area contributed by atoms with Gasteiger partial charge in [0.2, 0.25) is 0 Å². The van der Waals surface area contributed by atoms with Crippen molar-refractivity contribution in [3.8, 4) is 28.6 Å². The summed E-state index contributed by atoms with van der Waals surface area (Å²) in [6, 6.07) is 32.2. The van der Waals surface area contributed by atoms with E-state index in [0.29, 0.717) is 15.9 Å². The third-order valence-corrected chi connectivity index (χ3v) is 7.12. The van der Waals surface area contributed by atoms with Crippen molar-refractivity contribution in [1.29, 1.82) is 0 Å². The van der Waals surface area contributed by atoms with Crippen LogP contribution in [0.2, 0.25) is 5.02 Å². The minimum Gasteiger partial charge on any atom is -0.497 e. The highest BCUT2D eigenvalue weighted by atomic mass is 35.5. The number of halogens is 1. The van der Waals surface area contributed by atoms with Gasteiger partial charge < -0.3 is 24.1 Å². The second kappa shape index (κ2) is 10.8. The molecular formula is C31H24ClN3O3S. The van der Waals surface area contributed by atoms with Gasteiger partial charge in [-0.15, -0.1) is 0 Å². The number of hydrogen-bond donors (Lipinski definition) is 1. The Hall–Kier alpha value is -4.33. The summed E-state index contributed by atoms with van der Waals surface area (Å²) < 4.78 is 17.7. The van der Waals surface area contributed by atoms with Crippen molar-refractivity contribution in [3.63, 3.8) is 0 Å². The quantitative estimate of drug-likeness (QED) is 0.205. The van der Waals surface area contributed by atoms with E-state index in [1.807, 2.05) is 103 Å². The number of hydrogen-bond acceptors (Lipinski definition) is 5. The summed E-state index contributed by atoms with van der Waals surface area (Å²) in [5.74, 6) is 3.73. The van der Waals surface area contributed by atoms with Gasteiger partial charge >= 0.3 is 0 Å². The molecule has 39 heavy (non-hydrogen) atoms. The molecule has 1 aliphatic heterocycles. The highest BCUT2D eigenvalue weighted by Gasteiger charge is 2.42. The maximum absolute atomic E-state index is 6.42. The number of rotatable bonds is 7. The van der Waals surface area contributed by atoms with Gasteiger partial charge in [0, 0.05) is 22.5 Å². The lowest BCUT2D eigenvalue weighted by Gasteiger charge is -2.26. The molecule has 0 aliphatic carbocycles. The van der Waals surface area contributed by atoms with E-state index < -0.39 is 0 Å². The minimum absolute atomic E-state index is 0.210. The average molecular weight is 554 g/mol. The third-order valence-electron chi connectivity index (χ3n) is 6.56. The Morgan fingerprint density at radius 1 is 0.846 bits per heavy atom. The maximum Gasteiger partial charge on any atom is 0.174 e. The summed E-state index contributed by atoms with van der Waals surface area (Å²) in [4.78, 5) is 6.68. The number of nitrogens with zero attached hydrogens (tertiary/aromatic N) is 2. The van der Waals surface area contributed by atoms with E-state index in [2.05, 4.69) is 15.2 Å². The summed E-state index contributed by atoms with van der Waals surface area (Å²) in [5, 5.41) is 4.73. The monoisotopic (exact) mass is 553 g/mol. The molecule has 8 heteroatoms. The third kappa shape index (κ3) is 5.19. The number of nitrogens with one attached hydrogen (secondary N) is 1. The molecule has 1 aliphatic rings. The van der Waals surface area contributed by atoms with Gasteiger partial charge in [-0.2, -0.15) is 0 Å². The molecule has 1 saturated heterocycles.